The first-order chi connectivity index (χ1) is 7.33. The van der Waals surface area contributed by atoms with Gasteiger partial charge in [0.25, 0.3) is 0 Å². The van der Waals surface area contributed by atoms with Crippen LogP contribution in [0.25, 0.3) is 0 Å². The molecule has 4 nitrogen and oxygen atoms in total. The minimum atomic E-state index is 0.322. The topological polar surface area (TPSA) is 53.6 Å². The molecule has 0 saturated carbocycles. The van der Waals surface area contributed by atoms with Crippen LogP contribution in [0.5, 0.6) is 0 Å². The maximum Gasteiger partial charge on any atom is 0.141 e. The Hall–Kier alpha value is -0.900. The monoisotopic (exact) mass is 210 g/mol. The Balaban J connectivity index is 2.68. The van der Waals surface area contributed by atoms with Crippen molar-refractivity contribution in [2.75, 3.05) is 6.54 Å². The molecule has 0 aliphatic carbocycles. The van der Waals surface area contributed by atoms with Gasteiger partial charge in [-0.3, -0.25) is 5.10 Å². The quantitative estimate of drug-likeness (QED) is 0.726. The summed E-state index contributed by atoms with van der Waals surface area (Å²) >= 11 is 0. The fourth-order valence-electron chi connectivity index (χ4n) is 1.91. The number of nitrogens with one attached hydrogen (secondary N) is 2. The van der Waals surface area contributed by atoms with Crippen LogP contribution in [-0.2, 0) is 0 Å². The average Bonchev–Trinajstić information content (AvgIpc) is 2.77. The molecule has 2 N–H and O–H groups in total. The summed E-state index contributed by atoms with van der Waals surface area (Å²) in [5.74, 6) is 1.60. The molecule has 1 unspecified atom stereocenters. The zero-order valence-electron chi connectivity index (χ0n) is 9.95. The Morgan fingerprint density at radius 3 is 2.53 bits per heavy atom. The highest BCUT2D eigenvalue weighted by Crippen LogP contribution is 2.24. The van der Waals surface area contributed by atoms with E-state index in [0.717, 1.165) is 18.8 Å². The van der Waals surface area contributed by atoms with E-state index in [1.165, 1.54) is 12.8 Å². The van der Waals surface area contributed by atoms with Gasteiger partial charge < -0.3 is 5.32 Å². The summed E-state index contributed by atoms with van der Waals surface area (Å²) in [6.45, 7) is 7.66. The van der Waals surface area contributed by atoms with Crippen molar-refractivity contribution in [1.82, 2.24) is 20.5 Å². The predicted octanol–water partition coefficient (Wildman–Crippen LogP) is 2.28. The van der Waals surface area contributed by atoms with E-state index in [0.29, 0.717) is 12.0 Å². The van der Waals surface area contributed by atoms with Gasteiger partial charge in [-0.15, -0.1) is 0 Å². The molecule has 0 radical (unpaired) electrons. The molecular weight excluding hydrogens is 188 g/mol. The van der Waals surface area contributed by atoms with Crippen LogP contribution in [0.2, 0.25) is 0 Å². The molecule has 0 aliphatic heterocycles. The molecule has 0 aliphatic rings. The van der Waals surface area contributed by atoms with Crippen molar-refractivity contribution in [3.05, 3.63) is 12.2 Å². The van der Waals surface area contributed by atoms with Crippen molar-refractivity contribution in [2.24, 2.45) is 5.92 Å². The molecule has 86 valence electrons. The van der Waals surface area contributed by atoms with Crippen molar-refractivity contribution in [1.29, 1.82) is 0 Å². The Morgan fingerprint density at radius 2 is 2.07 bits per heavy atom. The first-order valence-corrected chi connectivity index (χ1v) is 5.92. The summed E-state index contributed by atoms with van der Waals surface area (Å²) in [6, 6.07) is 0.322. The van der Waals surface area contributed by atoms with E-state index in [1.807, 2.05) is 0 Å². The van der Waals surface area contributed by atoms with E-state index in [2.05, 4.69) is 41.3 Å². The number of rotatable bonds is 7. The third-order valence-electron chi connectivity index (χ3n) is 2.86. The molecule has 4 heteroatoms. The molecule has 1 heterocycles. The summed E-state index contributed by atoms with van der Waals surface area (Å²) < 4.78 is 0. The Kier molecular flexibility index (Phi) is 5.32. The zero-order valence-corrected chi connectivity index (χ0v) is 9.95. The van der Waals surface area contributed by atoms with E-state index in [-0.39, 0.29) is 0 Å². The van der Waals surface area contributed by atoms with Crippen LogP contribution in [0, 0.1) is 5.92 Å². The first kappa shape index (κ1) is 12.2. The second-order valence-corrected chi connectivity index (χ2v) is 3.88. The fraction of sp³-hybridized carbons (Fsp3) is 0.818. The molecule has 15 heavy (non-hydrogen) atoms. The Morgan fingerprint density at radius 1 is 1.33 bits per heavy atom. The lowest BCUT2D eigenvalue weighted by atomic mass is 9.93. The van der Waals surface area contributed by atoms with E-state index < -0.39 is 0 Å². The van der Waals surface area contributed by atoms with Crippen molar-refractivity contribution in [2.45, 2.75) is 46.1 Å². The molecule has 0 spiro atoms. The number of nitrogens with zero attached hydrogens (tertiary/aromatic N) is 2. The molecule has 1 atom stereocenters. The number of hydrogen-bond donors (Lipinski definition) is 2. The highest BCUT2D eigenvalue weighted by atomic mass is 15.2. The van der Waals surface area contributed by atoms with Gasteiger partial charge in [0.2, 0.25) is 0 Å². The number of aromatic amines is 1. The summed E-state index contributed by atoms with van der Waals surface area (Å²) in [6.07, 6.45) is 5.06. The first-order valence-electron chi connectivity index (χ1n) is 5.92. The number of hydrogen-bond acceptors (Lipinski definition) is 3. The maximum atomic E-state index is 4.26. The van der Waals surface area contributed by atoms with Crippen LogP contribution in [0.1, 0.15) is 51.9 Å². The van der Waals surface area contributed by atoms with Gasteiger partial charge in [0.05, 0.1) is 6.04 Å². The lowest BCUT2D eigenvalue weighted by molar-refractivity contribution is 0.329. The van der Waals surface area contributed by atoms with E-state index in [4.69, 9.17) is 0 Å². The van der Waals surface area contributed by atoms with E-state index >= 15 is 0 Å². The van der Waals surface area contributed by atoms with Crippen molar-refractivity contribution >= 4 is 0 Å². The Labute approximate surface area is 91.9 Å². The largest absolute Gasteiger partial charge is 0.307 e. The van der Waals surface area contributed by atoms with Gasteiger partial charge in [-0.2, -0.15) is 5.10 Å². The molecule has 0 fully saturated rings. The molecular formula is C11H22N4. The minimum absolute atomic E-state index is 0.322. The fourth-order valence-corrected chi connectivity index (χ4v) is 1.91. The predicted molar refractivity (Wildman–Crippen MR) is 61.5 cm³/mol. The summed E-state index contributed by atoms with van der Waals surface area (Å²) in [4.78, 5) is 4.26. The van der Waals surface area contributed by atoms with E-state index in [9.17, 15) is 0 Å². The van der Waals surface area contributed by atoms with Gasteiger partial charge in [0.15, 0.2) is 0 Å². The maximum absolute atomic E-state index is 4.26. The van der Waals surface area contributed by atoms with Crippen LogP contribution in [0.3, 0.4) is 0 Å². The molecule has 0 saturated heterocycles. The Bertz CT molecular complexity index is 241. The number of H-pyrrole nitrogens is 1. The van der Waals surface area contributed by atoms with Crippen LogP contribution in [0.4, 0.5) is 0 Å². The highest BCUT2D eigenvalue weighted by Gasteiger charge is 2.21. The van der Waals surface area contributed by atoms with Gasteiger partial charge in [-0.1, -0.05) is 33.6 Å². The van der Waals surface area contributed by atoms with Gasteiger partial charge in [0.1, 0.15) is 12.2 Å². The summed E-state index contributed by atoms with van der Waals surface area (Å²) in [5, 5.41) is 10.4. The third kappa shape index (κ3) is 3.30. The summed E-state index contributed by atoms with van der Waals surface area (Å²) in [7, 11) is 0. The molecule has 0 bridgehead atoms. The van der Waals surface area contributed by atoms with Gasteiger partial charge >= 0.3 is 0 Å². The third-order valence-corrected chi connectivity index (χ3v) is 2.86. The van der Waals surface area contributed by atoms with Gasteiger partial charge in [-0.25, -0.2) is 4.98 Å². The van der Waals surface area contributed by atoms with Crippen molar-refractivity contribution in [3.63, 3.8) is 0 Å². The standard InChI is InChI=1S/C11H22N4/c1-4-7-12-10(9(5-2)6-3)11-13-8-14-15-11/h8-10,12H,4-7H2,1-3H3,(H,13,14,15). The normalized spacial score (nSPS) is 13.3. The highest BCUT2D eigenvalue weighted by molar-refractivity contribution is 4.94. The SMILES string of the molecule is CCCNC(c1ncn[nH]1)C(CC)CC. The van der Waals surface area contributed by atoms with Crippen molar-refractivity contribution in [3.8, 4) is 0 Å². The molecule has 1 aromatic rings. The van der Waals surface area contributed by atoms with Gasteiger partial charge in [0, 0.05) is 0 Å². The smallest absolute Gasteiger partial charge is 0.141 e. The second kappa shape index (κ2) is 6.56. The van der Waals surface area contributed by atoms with Crippen LogP contribution in [0.15, 0.2) is 6.33 Å². The van der Waals surface area contributed by atoms with Crippen LogP contribution >= 0.6 is 0 Å². The van der Waals surface area contributed by atoms with Gasteiger partial charge in [-0.05, 0) is 18.9 Å². The van der Waals surface area contributed by atoms with Crippen molar-refractivity contribution < 1.29 is 0 Å². The molecule has 1 rings (SSSR count). The van der Waals surface area contributed by atoms with Crippen LogP contribution in [-0.4, -0.2) is 21.7 Å². The lowest BCUT2D eigenvalue weighted by Gasteiger charge is -2.24. The average molecular weight is 210 g/mol. The minimum Gasteiger partial charge on any atom is -0.307 e. The lowest BCUT2D eigenvalue weighted by Crippen LogP contribution is -2.29. The molecule has 0 amide bonds. The zero-order chi connectivity index (χ0) is 11.1. The van der Waals surface area contributed by atoms with E-state index in [1.54, 1.807) is 6.33 Å². The second-order valence-electron chi connectivity index (χ2n) is 3.88. The number of aromatic nitrogens is 3. The molecule has 1 aromatic heterocycles. The summed E-state index contributed by atoms with van der Waals surface area (Å²) in [5.41, 5.74) is 0. The molecule has 0 aromatic carbocycles. The van der Waals surface area contributed by atoms with Crippen LogP contribution < -0.4 is 5.32 Å².